The van der Waals surface area contributed by atoms with Gasteiger partial charge in [-0.3, -0.25) is 4.79 Å². The maximum absolute atomic E-state index is 14.0. The molecule has 0 bridgehead atoms. The summed E-state index contributed by atoms with van der Waals surface area (Å²) < 4.78 is 31.6. The number of fused-ring (bicyclic) bond motifs is 3. The normalized spacial score (nSPS) is 12.9. The zero-order valence-electron chi connectivity index (χ0n) is 16.1. The number of aromatic nitrogens is 4. The number of carbonyl (C=O) groups is 1. The molecule has 0 aliphatic carbocycles. The minimum atomic E-state index is -0.723. The Morgan fingerprint density at radius 3 is 2.67 bits per heavy atom. The van der Waals surface area contributed by atoms with Crippen molar-refractivity contribution in [2.24, 2.45) is 0 Å². The fourth-order valence-electron chi connectivity index (χ4n) is 3.89. The highest BCUT2D eigenvalue weighted by molar-refractivity contribution is 5.96. The van der Waals surface area contributed by atoms with Crippen LogP contribution in [0.15, 0.2) is 61.2 Å². The number of halogens is 2. The highest BCUT2D eigenvalue weighted by atomic mass is 19.1. The van der Waals surface area contributed by atoms with Gasteiger partial charge in [0.15, 0.2) is 5.78 Å². The maximum atomic E-state index is 14.0. The molecule has 2 aromatic heterocycles. The average molecular weight is 404 g/mol. The monoisotopic (exact) mass is 404 g/mol. The Labute approximate surface area is 171 Å². The summed E-state index contributed by atoms with van der Waals surface area (Å²) in [6.07, 6.45) is 7.54. The lowest BCUT2D eigenvalue weighted by Gasteiger charge is -2.11. The first-order valence-electron chi connectivity index (χ1n) is 9.77. The first-order chi connectivity index (χ1) is 14.6. The largest absolute Gasteiger partial charge is 0.306 e. The molecule has 3 heterocycles. The molecule has 2 aromatic carbocycles. The summed E-state index contributed by atoms with van der Waals surface area (Å²) in [4.78, 5) is 16.9. The van der Waals surface area contributed by atoms with E-state index >= 15 is 0 Å². The molecular formula is C23H18F2N4O. The molecule has 5 rings (SSSR count). The fourth-order valence-corrected chi connectivity index (χ4v) is 3.89. The zero-order valence-corrected chi connectivity index (χ0v) is 16.1. The quantitative estimate of drug-likeness (QED) is 0.478. The van der Waals surface area contributed by atoms with Gasteiger partial charge in [-0.15, -0.1) is 0 Å². The lowest BCUT2D eigenvalue weighted by Crippen LogP contribution is -2.09. The molecule has 4 aromatic rings. The predicted octanol–water partition coefficient (Wildman–Crippen LogP) is 4.25. The van der Waals surface area contributed by atoms with Crippen LogP contribution in [0.1, 0.15) is 33.7 Å². The molecule has 0 radical (unpaired) electrons. The molecule has 5 nitrogen and oxygen atoms in total. The van der Waals surface area contributed by atoms with Crippen molar-refractivity contribution in [1.29, 1.82) is 0 Å². The average Bonchev–Trinajstić information content (AvgIpc) is 3.39. The maximum Gasteiger partial charge on any atom is 0.187 e. The first kappa shape index (κ1) is 18.4. The van der Waals surface area contributed by atoms with Gasteiger partial charge in [0, 0.05) is 35.8 Å². The SMILES string of the molecule is O=C(Cc1c(F)cccc1F)c1cc2n(n1)-c1cc(-n3ccnc3)ccc1CCC2. The van der Waals surface area contributed by atoms with E-state index in [0.29, 0.717) is 0 Å². The topological polar surface area (TPSA) is 52.7 Å². The molecule has 1 aliphatic rings. The van der Waals surface area contributed by atoms with E-state index in [-0.39, 0.29) is 17.7 Å². The van der Waals surface area contributed by atoms with Crippen molar-refractivity contribution in [3.05, 3.63) is 95.3 Å². The smallest absolute Gasteiger partial charge is 0.187 e. The van der Waals surface area contributed by atoms with Gasteiger partial charge in [-0.05, 0) is 55.2 Å². The molecule has 1 aliphatic heterocycles. The molecule has 0 spiro atoms. The standard InChI is InChI=1S/C23H18F2N4O/c24-19-5-2-6-20(25)18(19)13-23(30)21-11-17-4-1-3-15-7-8-16(28-10-9-26-14-28)12-22(15)29(17)27-21/h2,5-12,14H,1,3-4,13H2. The van der Waals surface area contributed by atoms with Gasteiger partial charge in [0.1, 0.15) is 17.3 Å². The van der Waals surface area contributed by atoms with Crippen LogP contribution >= 0.6 is 0 Å². The Hall–Kier alpha value is -3.61. The molecule has 0 saturated carbocycles. The van der Waals surface area contributed by atoms with Gasteiger partial charge in [0.05, 0.1) is 12.0 Å². The number of imidazole rings is 1. The van der Waals surface area contributed by atoms with Crippen molar-refractivity contribution < 1.29 is 13.6 Å². The molecule has 0 N–H and O–H groups in total. The van der Waals surface area contributed by atoms with Gasteiger partial charge in [-0.25, -0.2) is 18.4 Å². The Morgan fingerprint density at radius 1 is 1.07 bits per heavy atom. The van der Waals surface area contributed by atoms with E-state index in [1.165, 1.54) is 6.07 Å². The number of rotatable bonds is 4. The van der Waals surface area contributed by atoms with Crippen LogP contribution in [0.2, 0.25) is 0 Å². The number of ketones is 1. The molecule has 0 atom stereocenters. The molecule has 0 saturated heterocycles. The third kappa shape index (κ3) is 3.22. The van der Waals surface area contributed by atoms with Crippen LogP contribution in [0.3, 0.4) is 0 Å². The van der Waals surface area contributed by atoms with Crippen molar-refractivity contribution in [2.75, 3.05) is 0 Å². The van der Waals surface area contributed by atoms with Crippen molar-refractivity contribution in [3.8, 4) is 11.4 Å². The van der Waals surface area contributed by atoms with Gasteiger partial charge in [-0.1, -0.05) is 12.1 Å². The van der Waals surface area contributed by atoms with Crippen LogP contribution in [0.25, 0.3) is 11.4 Å². The Bertz CT molecular complexity index is 1220. The van der Waals surface area contributed by atoms with E-state index in [0.717, 1.165) is 54.0 Å². The lowest BCUT2D eigenvalue weighted by atomic mass is 10.0. The van der Waals surface area contributed by atoms with Gasteiger partial charge in [0.25, 0.3) is 0 Å². The van der Waals surface area contributed by atoms with Crippen LogP contribution in [0.5, 0.6) is 0 Å². The molecule has 30 heavy (non-hydrogen) atoms. The summed E-state index contributed by atoms with van der Waals surface area (Å²) in [5, 5.41) is 4.53. The lowest BCUT2D eigenvalue weighted by molar-refractivity contribution is 0.0985. The summed E-state index contributed by atoms with van der Waals surface area (Å²) >= 11 is 0. The van der Waals surface area contributed by atoms with E-state index in [4.69, 9.17) is 0 Å². The highest BCUT2D eigenvalue weighted by Gasteiger charge is 2.22. The second-order valence-electron chi connectivity index (χ2n) is 7.37. The Kier molecular flexibility index (Phi) is 4.50. The summed E-state index contributed by atoms with van der Waals surface area (Å²) in [5.74, 6) is -1.86. The summed E-state index contributed by atoms with van der Waals surface area (Å²) in [6.45, 7) is 0. The summed E-state index contributed by atoms with van der Waals surface area (Å²) in [6, 6.07) is 11.4. The van der Waals surface area contributed by atoms with Gasteiger partial charge in [0.2, 0.25) is 0 Å². The molecule has 0 amide bonds. The second kappa shape index (κ2) is 7.33. The Morgan fingerprint density at radius 2 is 1.90 bits per heavy atom. The zero-order chi connectivity index (χ0) is 20.7. The first-order valence-corrected chi connectivity index (χ1v) is 9.77. The fraction of sp³-hybridized carbons (Fsp3) is 0.174. The number of hydrogen-bond donors (Lipinski definition) is 0. The van der Waals surface area contributed by atoms with Crippen molar-refractivity contribution in [3.63, 3.8) is 0 Å². The minimum absolute atomic E-state index is 0.216. The molecular weight excluding hydrogens is 386 g/mol. The number of hydrogen-bond acceptors (Lipinski definition) is 3. The number of benzene rings is 2. The van der Waals surface area contributed by atoms with E-state index in [9.17, 15) is 13.6 Å². The van der Waals surface area contributed by atoms with Crippen LogP contribution in [0.4, 0.5) is 8.78 Å². The van der Waals surface area contributed by atoms with Gasteiger partial charge in [-0.2, -0.15) is 5.10 Å². The van der Waals surface area contributed by atoms with E-state index in [2.05, 4.69) is 16.1 Å². The third-order valence-electron chi connectivity index (χ3n) is 5.45. The van der Waals surface area contributed by atoms with Gasteiger partial charge >= 0.3 is 0 Å². The van der Waals surface area contributed by atoms with Crippen molar-refractivity contribution in [1.82, 2.24) is 19.3 Å². The number of nitrogens with zero attached hydrogens (tertiary/aromatic N) is 4. The number of Topliss-reactive ketones (excluding diaryl/α,β-unsaturated/α-hetero) is 1. The number of carbonyl (C=O) groups excluding carboxylic acids is 1. The Balaban J connectivity index is 1.53. The molecule has 7 heteroatoms. The third-order valence-corrected chi connectivity index (χ3v) is 5.45. The van der Waals surface area contributed by atoms with Crippen LogP contribution in [-0.4, -0.2) is 25.1 Å². The van der Waals surface area contributed by atoms with E-state index in [1.54, 1.807) is 23.3 Å². The molecule has 0 unspecified atom stereocenters. The summed E-state index contributed by atoms with van der Waals surface area (Å²) in [7, 11) is 0. The van der Waals surface area contributed by atoms with Crippen LogP contribution in [0, 0.1) is 11.6 Å². The minimum Gasteiger partial charge on any atom is -0.306 e. The van der Waals surface area contributed by atoms with Crippen molar-refractivity contribution >= 4 is 5.78 Å². The molecule has 150 valence electrons. The molecule has 0 fully saturated rings. The number of aryl methyl sites for hydroxylation is 2. The van der Waals surface area contributed by atoms with Gasteiger partial charge < -0.3 is 4.57 Å². The summed E-state index contributed by atoms with van der Waals surface area (Å²) in [5.41, 5.74) is 3.89. The van der Waals surface area contributed by atoms with Crippen LogP contribution in [-0.2, 0) is 19.3 Å². The highest BCUT2D eigenvalue weighted by Crippen LogP contribution is 2.27. The predicted molar refractivity (Wildman–Crippen MR) is 107 cm³/mol. The van der Waals surface area contributed by atoms with Crippen LogP contribution < -0.4 is 0 Å². The van der Waals surface area contributed by atoms with Crippen molar-refractivity contribution in [2.45, 2.75) is 25.7 Å². The second-order valence-corrected chi connectivity index (χ2v) is 7.37. The van der Waals surface area contributed by atoms with E-state index in [1.807, 2.05) is 22.9 Å². The van der Waals surface area contributed by atoms with E-state index < -0.39 is 17.4 Å².